The topological polar surface area (TPSA) is 42.0 Å². The molecule has 0 spiro atoms. The molecule has 15 heavy (non-hydrogen) atoms. The molecule has 1 aliphatic carbocycles. The van der Waals surface area contributed by atoms with Crippen molar-refractivity contribution in [3.8, 4) is 0 Å². The van der Waals surface area contributed by atoms with Crippen molar-refractivity contribution >= 4 is 21.8 Å². The first-order chi connectivity index (χ1) is 6.99. The predicted molar refractivity (Wildman–Crippen MR) is 61.6 cm³/mol. The molecule has 1 aromatic heterocycles. The van der Waals surface area contributed by atoms with Crippen molar-refractivity contribution in [3.05, 3.63) is 28.5 Å². The van der Waals surface area contributed by atoms with Crippen molar-refractivity contribution in [2.24, 2.45) is 5.41 Å². The lowest BCUT2D eigenvalue weighted by Gasteiger charge is -2.05. The van der Waals surface area contributed by atoms with Gasteiger partial charge in [-0.25, -0.2) is 4.98 Å². The van der Waals surface area contributed by atoms with E-state index in [-0.39, 0.29) is 11.3 Å². The number of rotatable bonds is 2. The smallest absolute Gasteiger partial charge is 0.270 e. The molecular weight excluding hydrogens is 256 g/mol. The van der Waals surface area contributed by atoms with Crippen LogP contribution < -0.4 is 5.32 Å². The number of nitrogens with zero attached hydrogens (tertiary/aromatic N) is 1. The third-order valence-corrected chi connectivity index (χ3v) is 3.25. The highest BCUT2D eigenvalue weighted by atomic mass is 79.9. The zero-order valence-corrected chi connectivity index (χ0v) is 10.3. The number of pyridine rings is 1. The van der Waals surface area contributed by atoms with Crippen LogP contribution in [0, 0.1) is 5.41 Å². The van der Waals surface area contributed by atoms with Crippen molar-refractivity contribution in [2.45, 2.75) is 26.3 Å². The zero-order chi connectivity index (χ0) is 11.1. The molecule has 1 fully saturated rings. The highest BCUT2D eigenvalue weighted by Crippen LogP contribution is 2.44. The van der Waals surface area contributed by atoms with Crippen LogP contribution in [0.1, 0.15) is 30.8 Å². The van der Waals surface area contributed by atoms with E-state index in [2.05, 4.69) is 40.1 Å². The highest BCUT2D eigenvalue weighted by Gasteiger charge is 2.46. The Labute approximate surface area is 97.4 Å². The molecule has 1 amide bonds. The van der Waals surface area contributed by atoms with Crippen molar-refractivity contribution < 1.29 is 4.79 Å². The Morgan fingerprint density at radius 1 is 1.60 bits per heavy atom. The Kier molecular flexibility index (Phi) is 2.54. The Balaban J connectivity index is 2.00. The number of carbonyl (C=O) groups is 1. The van der Waals surface area contributed by atoms with Crippen LogP contribution in [0.2, 0.25) is 0 Å². The minimum absolute atomic E-state index is 0.0851. The van der Waals surface area contributed by atoms with Gasteiger partial charge in [0.1, 0.15) is 5.69 Å². The molecule has 1 heterocycles. The first-order valence-electron chi connectivity index (χ1n) is 4.91. The average Bonchev–Trinajstić information content (AvgIpc) is 2.74. The van der Waals surface area contributed by atoms with E-state index in [4.69, 9.17) is 0 Å². The van der Waals surface area contributed by atoms with Crippen LogP contribution in [0.4, 0.5) is 0 Å². The summed E-state index contributed by atoms with van der Waals surface area (Å²) in [4.78, 5) is 15.8. The largest absolute Gasteiger partial charge is 0.347 e. The van der Waals surface area contributed by atoms with Gasteiger partial charge in [-0.2, -0.15) is 0 Å². The molecule has 0 radical (unpaired) electrons. The van der Waals surface area contributed by atoms with Crippen LogP contribution in [0.15, 0.2) is 22.8 Å². The fourth-order valence-corrected chi connectivity index (χ4v) is 1.69. The van der Waals surface area contributed by atoms with Crippen LogP contribution in [-0.4, -0.2) is 16.9 Å². The SMILES string of the molecule is CC1(C)CC1NC(=O)c1ccc(Br)cn1. The summed E-state index contributed by atoms with van der Waals surface area (Å²) < 4.78 is 0.880. The van der Waals surface area contributed by atoms with Crippen LogP contribution in [0.25, 0.3) is 0 Å². The van der Waals surface area contributed by atoms with Crippen LogP contribution >= 0.6 is 15.9 Å². The van der Waals surface area contributed by atoms with E-state index in [1.165, 1.54) is 0 Å². The molecular formula is C11H13BrN2O. The van der Waals surface area contributed by atoms with E-state index in [1.54, 1.807) is 12.3 Å². The summed E-state index contributed by atoms with van der Waals surface area (Å²) in [5.41, 5.74) is 0.728. The maximum Gasteiger partial charge on any atom is 0.270 e. The van der Waals surface area contributed by atoms with Gasteiger partial charge in [0, 0.05) is 16.7 Å². The molecule has 1 N–H and O–H groups in total. The highest BCUT2D eigenvalue weighted by molar-refractivity contribution is 9.10. The Hall–Kier alpha value is -0.900. The van der Waals surface area contributed by atoms with Crippen molar-refractivity contribution in [1.29, 1.82) is 0 Å². The van der Waals surface area contributed by atoms with Crippen LogP contribution in [0.3, 0.4) is 0 Å². The lowest BCUT2D eigenvalue weighted by atomic mass is 10.2. The normalized spacial score (nSPS) is 22.2. The van der Waals surface area contributed by atoms with E-state index in [9.17, 15) is 4.79 Å². The van der Waals surface area contributed by atoms with Gasteiger partial charge in [0.2, 0.25) is 0 Å². The van der Waals surface area contributed by atoms with Crippen LogP contribution in [0.5, 0.6) is 0 Å². The molecule has 4 heteroatoms. The minimum atomic E-state index is -0.0851. The summed E-state index contributed by atoms with van der Waals surface area (Å²) in [6, 6.07) is 3.84. The number of halogens is 1. The van der Waals surface area contributed by atoms with Gasteiger partial charge in [0.15, 0.2) is 0 Å². The van der Waals surface area contributed by atoms with E-state index in [0.29, 0.717) is 11.7 Å². The summed E-state index contributed by atoms with van der Waals surface area (Å²) in [6.45, 7) is 4.29. The number of aromatic nitrogens is 1. The number of hydrogen-bond acceptors (Lipinski definition) is 2. The maximum absolute atomic E-state index is 11.7. The van der Waals surface area contributed by atoms with E-state index in [0.717, 1.165) is 10.9 Å². The molecule has 2 rings (SSSR count). The standard InChI is InChI=1S/C11H13BrN2O/c1-11(2)5-9(11)14-10(15)8-4-3-7(12)6-13-8/h3-4,6,9H,5H2,1-2H3,(H,14,15). The monoisotopic (exact) mass is 268 g/mol. The summed E-state index contributed by atoms with van der Waals surface area (Å²) in [5, 5.41) is 2.96. The summed E-state index contributed by atoms with van der Waals surface area (Å²) in [7, 11) is 0. The van der Waals surface area contributed by atoms with Gasteiger partial charge in [0.25, 0.3) is 5.91 Å². The van der Waals surface area contributed by atoms with Crippen LogP contribution in [-0.2, 0) is 0 Å². The first kappa shape index (κ1) is 10.6. The second-order valence-corrected chi connectivity index (χ2v) is 5.50. The third-order valence-electron chi connectivity index (χ3n) is 2.78. The van der Waals surface area contributed by atoms with Gasteiger partial charge in [-0.3, -0.25) is 4.79 Å². The summed E-state index contributed by atoms with van der Waals surface area (Å²) in [6.07, 6.45) is 2.68. The summed E-state index contributed by atoms with van der Waals surface area (Å²) in [5.74, 6) is -0.0851. The molecule has 1 aromatic rings. The van der Waals surface area contributed by atoms with Gasteiger partial charge < -0.3 is 5.32 Å². The molecule has 0 aromatic carbocycles. The molecule has 1 aliphatic rings. The lowest BCUT2D eigenvalue weighted by molar-refractivity contribution is 0.0941. The number of carbonyl (C=O) groups excluding carboxylic acids is 1. The molecule has 0 bridgehead atoms. The molecule has 80 valence electrons. The Morgan fingerprint density at radius 3 is 2.73 bits per heavy atom. The second-order valence-electron chi connectivity index (χ2n) is 4.58. The lowest BCUT2D eigenvalue weighted by Crippen LogP contribution is -2.28. The minimum Gasteiger partial charge on any atom is -0.347 e. The van der Waals surface area contributed by atoms with Crippen molar-refractivity contribution in [2.75, 3.05) is 0 Å². The third kappa shape index (κ3) is 2.37. The zero-order valence-electron chi connectivity index (χ0n) is 8.75. The first-order valence-corrected chi connectivity index (χ1v) is 5.71. The maximum atomic E-state index is 11.7. The molecule has 1 unspecified atom stereocenters. The number of nitrogens with one attached hydrogen (secondary N) is 1. The molecule has 1 saturated carbocycles. The predicted octanol–water partition coefficient (Wildman–Crippen LogP) is 2.37. The molecule has 1 atom stereocenters. The van der Waals surface area contributed by atoms with E-state index < -0.39 is 0 Å². The van der Waals surface area contributed by atoms with Gasteiger partial charge >= 0.3 is 0 Å². The number of amides is 1. The molecule has 0 aliphatic heterocycles. The fraction of sp³-hybridized carbons (Fsp3) is 0.455. The average molecular weight is 269 g/mol. The van der Waals surface area contributed by atoms with Gasteiger partial charge in [-0.05, 0) is 39.9 Å². The van der Waals surface area contributed by atoms with Gasteiger partial charge in [0.05, 0.1) is 0 Å². The fourth-order valence-electron chi connectivity index (χ4n) is 1.46. The van der Waals surface area contributed by atoms with Crippen molar-refractivity contribution in [1.82, 2.24) is 10.3 Å². The van der Waals surface area contributed by atoms with Gasteiger partial charge in [-0.1, -0.05) is 13.8 Å². The molecule has 0 saturated heterocycles. The quantitative estimate of drug-likeness (QED) is 0.895. The van der Waals surface area contributed by atoms with E-state index in [1.807, 2.05) is 6.07 Å². The van der Waals surface area contributed by atoms with Crippen molar-refractivity contribution in [3.63, 3.8) is 0 Å². The molecule has 3 nitrogen and oxygen atoms in total. The number of hydrogen-bond donors (Lipinski definition) is 1. The second kappa shape index (κ2) is 3.59. The van der Waals surface area contributed by atoms with Gasteiger partial charge in [-0.15, -0.1) is 0 Å². The Bertz CT molecular complexity index is 386. The summed E-state index contributed by atoms with van der Waals surface area (Å²) >= 11 is 3.28. The van der Waals surface area contributed by atoms with E-state index >= 15 is 0 Å². The Morgan fingerprint density at radius 2 is 2.27 bits per heavy atom.